The maximum atomic E-state index is 13.5. The van der Waals surface area contributed by atoms with Crippen LogP contribution in [0.1, 0.15) is 50.3 Å². The molecule has 0 aromatic heterocycles. The molecule has 1 aliphatic carbocycles. The van der Waals surface area contributed by atoms with Gasteiger partial charge in [-0.05, 0) is 52.9 Å². The van der Waals surface area contributed by atoms with Crippen molar-refractivity contribution in [3.63, 3.8) is 0 Å². The zero-order valence-electron chi connectivity index (χ0n) is 21.5. The number of hydrogen-bond acceptors (Lipinski definition) is 4. The summed E-state index contributed by atoms with van der Waals surface area (Å²) in [5, 5.41) is 3.80. The van der Waals surface area contributed by atoms with Crippen molar-refractivity contribution in [2.24, 2.45) is 5.92 Å². The number of rotatable bonds is 10. The number of benzene rings is 3. The first-order valence-corrected chi connectivity index (χ1v) is 15.8. The summed E-state index contributed by atoms with van der Waals surface area (Å²) in [6.45, 7) is 10.5. The van der Waals surface area contributed by atoms with Crippen molar-refractivity contribution in [2.45, 2.75) is 64.3 Å². The molecule has 184 valence electrons. The fraction of sp³-hybridized carbons (Fsp3) is 0.367. The minimum absolute atomic E-state index is 0.00738. The third-order valence-electron chi connectivity index (χ3n) is 6.93. The van der Waals surface area contributed by atoms with Crippen LogP contribution in [0.2, 0.25) is 19.1 Å². The molecule has 5 heteroatoms. The highest BCUT2D eigenvalue weighted by Crippen LogP contribution is 2.51. The van der Waals surface area contributed by atoms with E-state index < -0.39 is 19.9 Å². The third-order valence-corrected chi connectivity index (χ3v) is 9.03. The van der Waals surface area contributed by atoms with Crippen molar-refractivity contribution in [3.8, 4) is 11.1 Å². The summed E-state index contributed by atoms with van der Waals surface area (Å²) in [4.78, 5) is 19.1. The molecule has 0 amide bonds. The maximum absolute atomic E-state index is 13.5. The Morgan fingerprint density at radius 2 is 1.43 bits per heavy atom. The van der Waals surface area contributed by atoms with Gasteiger partial charge in [0.1, 0.15) is 6.04 Å². The molecule has 0 radical (unpaired) electrons. The highest BCUT2D eigenvalue weighted by atomic mass is 28.4. The Balaban J connectivity index is 1.76. The summed E-state index contributed by atoms with van der Waals surface area (Å²) in [5.41, 5.74) is 5.06. The van der Waals surface area contributed by atoms with Crippen LogP contribution in [0.3, 0.4) is 0 Å². The number of fused-ring (bicyclic) bond motifs is 3. The number of carbonyl (C=O) groups is 1. The van der Waals surface area contributed by atoms with Gasteiger partial charge in [0.05, 0.1) is 5.54 Å². The molecule has 0 bridgehead atoms. The van der Waals surface area contributed by atoms with Gasteiger partial charge in [-0.2, -0.15) is 0 Å². The van der Waals surface area contributed by atoms with Gasteiger partial charge in [-0.15, -0.1) is 0 Å². The summed E-state index contributed by atoms with van der Waals surface area (Å²) in [7, 11) is -2.08. The normalized spacial score (nSPS) is 14.9. The summed E-state index contributed by atoms with van der Waals surface area (Å²) in [6, 6.07) is 27.7. The second-order valence-corrected chi connectivity index (χ2v) is 14.6. The van der Waals surface area contributed by atoms with Crippen LogP contribution in [0.5, 0.6) is 0 Å². The SMILES string of the molecule is CCCC[Si](C)(C)OOC(=O)C(NC1(c2ccccc2)c2ccccc2-c2ccccc21)C(C)C. The molecule has 1 unspecified atom stereocenters. The van der Waals surface area contributed by atoms with Gasteiger partial charge in [-0.1, -0.05) is 112 Å². The summed E-state index contributed by atoms with van der Waals surface area (Å²) in [6.07, 6.45) is 2.18. The second kappa shape index (κ2) is 10.5. The molecule has 4 nitrogen and oxygen atoms in total. The van der Waals surface area contributed by atoms with E-state index >= 15 is 0 Å². The zero-order chi connectivity index (χ0) is 25.1. The van der Waals surface area contributed by atoms with E-state index in [9.17, 15) is 4.79 Å². The van der Waals surface area contributed by atoms with Gasteiger partial charge in [0.15, 0.2) is 0 Å². The average molecular weight is 488 g/mol. The van der Waals surface area contributed by atoms with Gasteiger partial charge in [0.25, 0.3) is 0 Å². The summed E-state index contributed by atoms with van der Waals surface area (Å²) >= 11 is 0. The Labute approximate surface area is 210 Å². The summed E-state index contributed by atoms with van der Waals surface area (Å²) < 4.78 is 5.82. The van der Waals surface area contributed by atoms with Gasteiger partial charge >= 0.3 is 5.97 Å². The van der Waals surface area contributed by atoms with E-state index in [-0.39, 0.29) is 11.9 Å². The molecule has 35 heavy (non-hydrogen) atoms. The molecule has 1 N–H and O–H groups in total. The highest BCUT2D eigenvalue weighted by molar-refractivity contribution is 6.70. The first-order chi connectivity index (χ1) is 16.8. The Bertz CT molecular complexity index is 1110. The van der Waals surface area contributed by atoms with Crippen LogP contribution in [0.4, 0.5) is 0 Å². The molecule has 0 saturated heterocycles. The van der Waals surface area contributed by atoms with Gasteiger partial charge in [0.2, 0.25) is 8.32 Å². The molecule has 0 heterocycles. The van der Waals surface area contributed by atoms with E-state index in [1.165, 1.54) is 11.1 Å². The average Bonchev–Trinajstić information content (AvgIpc) is 3.16. The fourth-order valence-electron chi connectivity index (χ4n) is 5.05. The number of hydrogen-bond donors (Lipinski definition) is 1. The quantitative estimate of drug-likeness (QED) is 0.189. The van der Waals surface area contributed by atoms with Crippen LogP contribution in [-0.4, -0.2) is 20.3 Å². The predicted octanol–water partition coefficient (Wildman–Crippen LogP) is 7.05. The van der Waals surface area contributed by atoms with Crippen LogP contribution in [-0.2, 0) is 19.8 Å². The van der Waals surface area contributed by atoms with Crippen molar-refractivity contribution in [1.29, 1.82) is 0 Å². The van der Waals surface area contributed by atoms with E-state index in [2.05, 4.69) is 98.1 Å². The number of unbranched alkanes of at least 4 members (excludes halogenated alkanes) is 1. The molecular weight excluding hydrogens is 450 g/mol. The minimum atomic E-state index is -2.08. The van der Waals surface area contributed by atoms with Crippen LogP contribution >= 0.6 is 0 Å². The number of nitrogens with one attached hydrogen (secondary N) is 1. The van der Waals surface area contributed by atoms with Crippen LogP contribution < -0.4 is 5.32 Å². The standard InChI is InChI=1S/C30H37NO3Si/c1-6-7-21-35(4,5)34-33-29(32)28(22(2)3)31-30(23-15-9-8-10-16-23)26-19-13-11-17-24(26)25-18-12-14-20-27(25)30/h8-20,22,28,31H,6-7,21H2,1-5H3. The number of carbonyl (C=O) groups excluding carboxylic acids is 1. The lowest BCUT2D eigenvalue weighted by molar-refractivity contribution is -0.224. The lowest BCUT2D eigenvalue weighted by atomic mass is 9.79. The second-order valence-electron chi connectivity index (χ2n) is 10.4. The molecule has 0 saturated carbocycles. The minimum Gasteiger partial charge on any atom is -0.308 e. The van der Waals surface area contributed by atoms with Crippen molar-refractivity contribution >= 4 is 14.3 Å². The maximum Gasteiger partial charge on any atom is 0.357 e. The molecular formula is C30H37NO3Si. The van der Waals surface area contributed by atoms with Crippen LogP contribution in [0, 0.1) is 5.92 Å². The van der Waals surface area contributed by atoms with E-state index in [0.29, 0.717) is 0 Å². The summed E-state index contributed by atoms with van der Waals surface area (Å²) in [5.74, 6) is -0.374. The molecule has 3 aromatic rings. The fourth-order valence-corrected chi connectivity index (χ4v) is 6.65. The van der Waals surface area contributed by atoms with Gasteiger partial charge < -0.3 is 4.89 Å². The van der Waals surface area contributed by atoms with Crippen molar-refractivity contribution in [2.75, 3.05) is 0 Å². The molecule has 0 fully saturated rings. The molecule has 1 atom stereocenters. The Morgan fingerprint density at radius 3 is 1.97 bits per heavy atom. The van der Waals surface area contributed by atoms with Crippen molar-refractivity contribution in [3.05, 3.63) is 95.6 Å². The first-order valence-electron chi connectivity index (χ1n) is 12.7. The first kappa shape index (κ1) is 25.4. The third kappa shape index (κ3) is 4.99. The van der Waals surface area contributed by atoms with Gasteiger partial charge in [0, 0.05) is 0 Å². The van der Waals surface area contributed by atoms with Crippen LogP contribution in [0.15, 0.2) is 78.9 Å². The zero-order valence-corrected chi connectivity index (χ0v) is 22.5. The van der Waals surface area contributed by atoms with E-state index in [1.807, 2.05) is 19.9 Å². The Morgan fingerprint density at radius 1 is 0.886 bits per heavy atom. The van der Waals surface area contributed by atoms with Gasteiger partial charge in [-0.25, -0.2) is 9.37 Å². The highest BCUT2D eigenvalue weighted by Gasteiger charge is 2.47. The molecule has 0 spiro atoms. The molecule has 4 rings (SSSR count). The Hall–Kier alpha value is -2.73. The van der Waals surface area contributed by atoms with Gasteiger partial charge in [-0.3, -0.25) is 5.32 Å². The van der Waals surface area contributed by atoms with E-state index in [0.717, 1.165) is 35.6 Å². The Kier molecular flexibility index (Phi) is 7.60. The molecule has 1 aliphatic rings. The van der Waals surface area contributed by atoms with E-state index in [1.54, 1.807) is 0 Å². The monoisotopic (exact) mass is 487 g/mol. The lowest BCUT2D eigenvalue weighted by Gasteiger charge is -2.38. The largest absolute Gasteiger partial charge is 0.357 e. The predicted molar refractivity (Wildman–Crippen MR) is 144 cm³/mol. The van der Waals surface area contributed by atoms with E-state index in [4.69, 9.17) is 9.46 Å². The van der Waals surface area contributed by atoms with Crippen LogP contribution in [0.25, 0.3) is 11.1 Å². The lowest BCUT2D eigenvalue weighted by Crippen LogP contribution is -2.54. The van der Waals surface area contributed by atoms with Crippen molar-refractivity contribution in [1.82, 2.24) is 5.32 Å². The molecule has 0 aliphatic heterocycles. The smallest absolute Gasteiger partial charge is 0.308 e. The topological polar surface area (TPSA) is 47.6 Å². The molecule has 3 aromatic carbocycles. The van der Waals surface area contributed by atoms with Crippen molar-refractivity contribution < 1.29 is 14.3 Å².